The maximum Gasteiger partial charge on any atom is 0.124 e. The second-order valence-electron chi connectivity index (χ2n) is 6.81. The van der Waals surface area contributed by atoms with E-state index in [0.29, 0.717) is 0 Å². The highest BCUT2D eigenvalue weighted by Gasteiger charge is 2.18. The van der Waals surface area contributed by atoms with Crippen molar-refractivity contribution in [1.29, 1.82) is 0 Å². The first kappa shape index (κ1) is 16.6. The highest BCUT2D eigenvalue weighted by Crippen LogP contribution is 2.23. The minimum absolute atomic E-state index is 0.757. The smallest absolute Gasteiger partial charge is 0.124 e. The van der Waals surface area contributed by atoms with Crippen molar-refractivity contribution < 1.29 is 0 Å². The number of fused-ring (bicyclic) bond motifs is 1. The van der Waals surface area contributed by atoms with E-state index in [2.05, 4.69) is 51.7 Å². The lowest BCUT2D eigenvalue weighted by Crippen LogP contribution is -2.44. The molecule has 1 aromatic heterocycles. The van der Waals surface area contributed by atoms with E-state index in [-0.39, 0.29) is 0 Å². The number of nitrogens with zero attached hydrogens (tertiary/aromatic N) is 4. The first-order valence-corrected chi connectivity index (χ1v) is 9.16. The van der Waals surface area contributed by atoms with Gasteiger partial charge in [-0.05, 0) is 30.8 Å². The summed E-state index contributed by atoms with van der Waals surface area (Å²) in [7, 11) is 2.18. The Bertz CT molecular complexity index is 851. The quantitative estimate of drug-likeness (QED) is 0.717. The van der Waals surface area contributed by atoms with E-state index in [4.69, 9.17) is 16.6 Å². The number of rotatable bonds is 4. The van der Waals surface area contributed by atoms with Crippen LogP contribution in [0.25, 0.3) is 11.0 Å². The van der Waals surface area contributed by atoms with E-state index in [1.165, 1.54) is 5.56 Å². The number of imidazole rings is 1. The van der Waals surface area contributed by atoms with Crippen LogP contribution >= 0.6 is 11.6 Å². The first-order chi connectivity index (χ1) is 12.2. The van der Waals surface area contributed by atoms with Crippen molar-refractivity contribution >= 4 is 22.6 Å². The number of hydrogen-bond donors (Lipinski definition) is 0. The zero-order chi connectivity index (χ0) is 17.2. The minimum atomic E-state index is 0.757. The van der Waals surface area contributed by atoms with Crippen LogP contribution < -0.4 is 0 Å². The van der Waals surface area contributed by atoms with Gasteiger partial charge in [-0.3, -0.25) is 4.90 Å². The Balaban J connectivity index is 1.68. The molecule has 130 valence electrons. The lowest BCUT2D eigenvalue weighted by atomic mass is 10.2. The molecule has 0 amide bonds. The molecule has 1 aliphatic rings. The standard InChI is InChI=1S/C20H23ClN4/c1-23-9-11-24(12-10-23)15-20-22-18-8-7-17(21)13-19(18)25(20)14-16-5-3-2-4-6-16/h2-8,13H,9-12,14-15H2,1H3. The van der Waals surface area contributed by atoms with E-state index < -0.39 is 0 Å². The van der Waals surface area contributed by atoms with E-state index in [1.807, 2.05) is 18.2 Å². The Kier molecular flexibility index (Phi) is 4.75. The molecule has 2 aromatic carbocycles. The molecular formula is C20H23ClN4. The zero-order valence-electron chi connectivity index (χ0n) is 14.5. The number of halogens is 1. The molecule has 25 heavy (non-hydrogen) atoms. The Labute approximate surface area is 153 Å². The third-order valence-electron chi connectivity index (χ3n) is 4.93. The van der Waals surface area contributed by atoms with E-state index in [1.54, 1.807) is 0 Å². The molecule has 0 bridgehead atoms. The molecule has 4 nitrogen and oxygen atoms in total. The average molecular weight is 355 g/mol. The summed E-state index contributed by atoms with van der Waals surface area (Å²) in [6.45, 7) is 6.11. The molecule has 1 aliphatic heterocycles. The van der Waals surface area contributed by atoms with Gasteiger partial charge < -0.3 is 9.47 Å². The van der Waals surface area contributed by atoms with Crippen LogP contribution in [0.5, 0.6) is 0 Å². The molecule has 0 unspecified atom stereocenters. The van der Waals surface area contributed by atoms with Gasteiger partial charge in [-0.2, -0.15) is 0 Å². The van der Waals surface area contributed by atoms with Crippen LogP contribution in [-0.2, 0) is 13.1 Å². The normalized spacial score (nSPS) is 16.6. The van der Waals surface area contributed by atoms with Crippen molar-refractivity contribution in [3.63, 3.8) is 0 Å². The number of piperazine rings is 1. The van der Waals surface area contributed by atoms with Gasteiger partial charge in [0.2, 0.25) is 0 Å². The summed E-state index contributed by atoms with van der Waals surface area (Å²) >= 11 is 6.25. The Hall–Kier alpha value is -1.88. The number of benzene rings is 2. The van der Waals surface area contributed by atoms with E-state index in [0.717, 1.165) is 61.1 Å². The fraction of sp³-hybridized carbons (Fsp3) is 0.350. The van der Waals surface area contributed by atoms with Gasteiger partial charge in [-0.15, -0.1) is 0 Å². The molecule has 0 aliphatic carbocycles. The average Bonchev–Trinajstić information content (AvgIpc) is 2.95. The van der Waals surface area contributed by atoms with E-state index in [9.17, 15) is 0 Å². The SMILES string of the molecule is CN1CCN(Cc2nc3ccc(Cl)cc3n2Cc2ccccc2)CC1. The van der Waals surface area contributed by atoms with Gasteiger partial charge in [0.1, 0.15) is 5.82 Å². The molecule has 0 saturated carbocycles. The van der Waals surface area contributed by atoms with Gasteiger partial charge in [-0.1, -0.05) is 41.9 Å². The number of aromatic nitrogens is 2. The fourth-order valence-electron chi connectivity index (χ4n) is 3.41. The van der Waals surface area contributed by atoms with Crippen LogP contribution in [0, 0.1) is 0 Å². The molecule has 0 atom stereocenters. The molecule has 1 fully saturated rings. The lowest BCUT2D eigenvalue weighted by molar-refractivity contribution is 0.144. The van der Waals surface area contributed by atoms with E-state index >= 15 is 0 Å². The molecule has 0 spiro atoms. The van der Waals surface area contributed by atoms with Crippen molar-refractivity contribution in [3.8, 4) is 0 Å². The van der Waals surface area contributed by atoms with Crippen molar-refractivity contribution in [2.45, 2.75) is 13.1 Å². The van der Waals surface area contributed by atoms with Crippen molar-refractivity contribution in [2.75, 3.05) is 33.2 Å². The largest absolute Gasteiger partial charge is 0.322 e. The summed E-state index contributed by atoms with van der Waals surface area (Å²) in [4.78, 5) is 9.78. The van der Waals surface area contributed by atoms with Gasteiger partial charge in [0.15, 0.2) is 0 Å². The van der Waals surface area contributed by atoms with Crippen LogP contribution in [0.1, 0.15) is 11.4 Å². The van der Waals surface area contributed by atoms with Gasteiger partial charge in [-0.25, -0.2) is 4.98 Å². The van der Waals surface area contributed by atoms with Crippen molar-refractivity contribution in [1.82, 2.24) is 19.4 Å². The Morgan fingerprint density at radius 1 is 0.960 bits per heavy atom. The summed E-state index contributed by atoms with van der Waals surface area (Å²) in [6.07, 6.45) is 0. The molecule has 4 rings (SSSR count). The van der Waals surface area contributed by atoms with Crippen LogP contribution in [0.15, 0.2) is 48.5 Å². The second kappa shape index (κ2) is 7.16. The topological polar surface area (TPSA) is 24.3 Å². The van der Waals surface area contributed by atoms with Crippen LogP contribution in [0.4, 0.5) is 0 Å². The van der Waals surface area contributed by atoms with Gasteiger partial charge in [0, 0.05) is 37.7 Å². The highest BCUT2D eigenvalue weighted by molar-refractivity contribution is 6.31. The summed E-state index contributed by atoms with van der Waals surface area (Å²) in [5.41, 5.74) is 3.41. The van der Waals surface area contributed by atoms with Gasteiger partial charge in [0.25, 0.3) is 0 Å². The predicted molar refractivity (Wildman–Crippen MR) is 103 cm³/mol. The molecule has 3 aromatic rings. The summed E-state index contributed by atoms with van der Waals surface area (Å²) in [5, 5.41) is 0.757. The molecule has 0 radical (unpaired) electrons. The van der Waals surface area contributed by atoms with Gasteiger partial charge >= 0.3 is 0 Å². The van der Waals surface area contributed by atoms with Crippen LogP contribution in [0.2, 0.25) is 5.02 Å². The molecular weight excluding hydrogens is 332 g/mol. The van der Waals surface area contributed by atoms with Crippen LogP contribution in [0.3, 0.4) is 0 Å². The second-order valence-corrected chi connectivity index (χ2v) is 7.25. The van der Waals surface area contributed by atoms with Crippen molar-refractivity contribution in [3.05, 3.63) is 64.9 Å². The monoisotopic (exact) mass is 354 g/mol. The zero-order valence-corrected chi connectivity index (χ0v) is 15.3. The maximum atomic E-state index is 6.25. The minimum Gasteiger partial charge on any atom is -0.322 e. The number of hydrogen-bond acceptors (Lipinski definition) is 3. The molecule has 5 heteroatoms. The summed E-state index contributed by atoms with van der Waals surface area (Å²) in [6, 6.07) is 16.5. The highest BCUT2D eigenvalue weighted by atomic mass is 35.5. The maximum absolute atomic E-state index is 6.25. The van der Waals surface area contributed by atoms with Crippen molar-refractivity contribution in [2.24, 2.45) is 0 Å². The Morgan fingerprint density at radius 3 is 2.48 bits per heavy atom. The molecule has 2 heterocycles. The van der Waals surface area contributed by atoms with Crippen LogP contribution in [-0.4, -0.2) is 52.6 Å². The summed E-state index contributed by atoms with van der Waals surface area (Å²) in [5.74, 6) is 1.12. The predicted octanol–water partition coefficient (Wildman–Crippen LogP) is 3.49. The summed E-state index contributed by atoms with van der Waals surface area (Å²) < 4.78 is 2.31. The lowest BCUT2D eigenvalue weighted by Gasteiger charge is -2.32. The fourth-order valence-corrected chi connectivity index (χ4v) is 3.58. The third kappa shape index (κ3) is 3.71. The molecule has 0 N–H and O–H groups in total. The van der Waals surface area contributed by atoms with Gasteiger partial charge in [0.05, 0.1) is 17.6 Å². The molecule has 1 saturated heterocycles. The first-order valence-electron chi connectivity index (χ1n) is 8.78. The number of likely N-dealkylation sites (N-methyl/N-ethyl adjacent to an activating group) is 1. The Morgan fingerprint density at radius 2 is 1.72 bits per heavy atom. The third-order valence-corrected chi connectivity index (χ3v) is 5.17.